The fourth-order valence-electron chi connectivity index (χ4n) is 2.61. The number of nitrogens with two attached hydrogens (primary N) is 1. The molecule has 0 spiro atoms. The van der Waals surface area contributed by atoms with Gasteiger partial charge in [-0.25, -0.2) is 18.4 Å². The fourth-order valence-corrected chi connectivity index (χ4v) is 3.37. The van der Waals surface area contributed by atoms with Crippen molar-refractivity contribution in [3.05, 3.63) is 51.6 Å². The highest BCUT2D eigenvalue weighted by molar-refractivity contribution is 7.89. The summed E-state index contributed by atoms with van der Waals surface area (Å²) in [5.74, 6) is -0.434. The van der Waals surface area contributed by atoms with E-state index in [0.717, 1.165) is 17.7 Å². The van der Waals surface area contributed by atoms with E-state index in [2.05, 4.69) is 5.32 Å². The normalized spacial score (nSPS) is 11.0. The lowest BCUT2D eigenvalue weighted by Gasteiger charge is -2.13. The molecule has 0 aliphatic rings. The summed E-state index contributed by atoms with van der Waals surface area (Å²) in [6.07, 6.45) is 0.329. The summed E-state index contributed by atoms with van der Waals surface area (Å²) < 4.78 is 34.1. The molecular weight excluding hydrogens is 406 g/mol. The average Bonchev–Trinajstić information content (AvgIpc) is 2.66. The minimum Gasteiger partial charge on any atom is -0.497 e. The summed E-state index contributed by atoms with van der Waals surface area (Å²) in [4.78, 5) is 21.0. The first-order valence-corrected chi connectivity index (χ1v) is 9.65. The number of primary sulfonamides is 1. The van der Waals surface area contributed by atoms with Crippen LogP contribution in [0.2, 0.25) is 0 Å². The highest BCUT2D eigenvalue weighted by Gasteiger charge is 2.27. The van der Waals surface area contributed by atoms with Crippen LogP contribution in [-0.2, 0) is 16.4 Å². The molecule has 0 bridgehead atoms. The van der Waals surface area contributed by atoms with Crippen molar-refractivity contribution in [1.82, 2.24) is 0 Å². The van der Waals surface area contributed by atoms with Crippen LogP contribution in [0.4, 0.5) is 11.4 Å². The number of methoxy groups -OCH3 is 2. The average molecular weight is 425 g/mol. The standard InChI is InChI=1S/C17H19N3O8S/c1-27-12-5-10(6-13(9-12)28-2)3-4-19-16-14(20(23)24)7-11(17(21)22)8-15(16)29(18,25)26/h5-9,19H,3-4H2,1-2H3,(H,21,22)(H2,18,25,26). The van der Waals surface area contributed by atoms with Crippen molar-refractivity contribution >= 4 is 27.4 Å². The summed E-state index contributed by atoms with van der Waals surface area (Å²) in [7, 11) is -1.45. The molecule has 2 rings (SSSR count). The van der Waals surface area contributed by atoms with Crippen molar-refractivity contribution in [2.75, 3.05) is 26.1 Å². The lowest BCUT2D eigenvalue weighted by Crippen LogP contribution is -2.18. The lowest BCUT2D eigenvalue weighted by atomic mass is 10.1. The second-order valence-corrected chi connectivity index (χ2v) is 7.40. The van der Waals surface area contributed by atoms with Gasteiger partial charge in [0.1, 0.15) is 22.1 Å². The molecule has 0 unspecified atom stereocenters. The topological polar surface area (TPSA) is 171 Å². The van der Waals surface area contributed by atoms with Crippen molar-refractivity contribution < 1.29 is 32.7 Å². The Kier molecular flexibility index (Phi) is 6.61. The highest BCUT2D eigenvalue weighted by atomic mass is 32.2. The van der Waals surface area contributed by atoms with Gasteiger partial charge in [-0.1, -0.05) is 0 Å². The lowest BCUT2D eigenvalue weighted by molar-refractivity contribution is -0.384. The van der Waals surface area contributed by atoms with E-state index < -0.39 is 37.1 Å². The Labute approximate surface area is 166 Å². The van der Waals surface area contributed by atoms with Crippen molar-refractivity contribution in [2.45, 2.75) is 11.3 Å². The molecule has 0 saturated carbocycles. The maximum atomic E-state index is 11.9. The number of sulfonamides is 1. The molecule has 0 radical (unpaired) electrons. The summed E-state index contributed by atoms with van der Waals surface area (Å²) in [6, 6.07) is 6.68. The van der Waals surface area contributed by atoms with Gasteiger partial charge in [-0.2, -0.15) is 0 Å². The first-order chi connectivity index (χ1) is 13.6. The number of hydrogen-bond acceptors (Lipinski definition) is 8. The van der Waals surface area contributed by atoms with Gasteiger partial charge in [0.05, 0.1) is 24.7 Å². The minimum atomic E-state index is -4.43. The molecule has 0 aromatic heterocycles. The van der Waals surface area contributed by atoms with Crippen molar-refractivity contribution in [2.24, 2.45) is 5.14 Å². The largest absolute Gasteiger partial charge is 0.497 e. The molecule has 2 aromatic carbocycles. The van der Waals surface area contributed by atoms with Crippen LogP contribution >= 0.6 is 0 Å². The Morgan fingerprint density at radius 3 is 2.21 bits per heavy atom. The van der Waals surface area contributed by atoms with E-state index in [1.165, 1.54) is 14.2 Å². The van der Waals surface area contributed by atoms with Gasteiger partial charge in [-0.05, 0) is 30.2 Å². The molecule has 0 fully saturated rings. The molecule has 0 atom stereocenters. The zero-order valence-electron chi connectivity index (χ0n) is 15.5. The number of nitrogens with one attached hydrogen (secondary N) is 1. The number of nitro benzene ring substituents is 1. The molecule has 156 valence electrons. The van der Waals surface area contributed by atoms with Crippen LogP contribution in [0, 0.1) is 10.1 Å². The third-order valence-electron chi connectivity index (χ3n) is 3.96. The van der Waals surface area contributed by atoms with Gasteiger partial charge < -0.3 is 19.9 Å². The molecule has 0 aliphatic carbocycles. The van der Waals surface area contributed by atoms with E-state index in [0.29, 0.717) is 17.9 Å². The smallest absolute Gasteiger partial charge is 0.335 e. The summed E-state index contributed by atoms with van der Waals surface area (Å²) in [5, 5.41) is 28.3. The Balaban J connectivity index is 2.39. The second kappa shape index (κ2) is 8.75. The molecule has 0 heterocycles. The first-order valence-electron chi connectivity index (χ1n) is 8.11. The predicted molar refractivity (Wildman–Crippen MR) is 103 cm³/mol. The number of nitrogens with zero attached hydrogens (tertiary/aromatic N) is 1. The van der Waals surface area contributed by atoms with Gasteiger partial charge in [0, 0.05) is 18.7 Å². The van der Waals surface area contributed by atoms with Crippen LogP contribution in [0.25, 0.3) is 0 Å². The van der Waals surface area contributed by atoms with Gasteiger partial charge >= 0.3 is 5.97 Å². The van der Waals surface area contributed by atoms with E-state index in [-0.39, 0.29) is 12.2 Å². The first kappa shape index (κ1) is 21.9. The number of carboxylic acids is 1. The van der Waals surface area contributed by atoms with E-state index >= 15 is 0 Å². The van der Waals surface area contributed by atoms with Gasteiger partial charge in [0.2, 0.25) is 10.0 Å². The van der Waals surface area contributed by atoms with Gasteiger partial charge in [0.15, 0.2) is 0 Å². The van der Waals surface area contributed by atoms with Crippen LogP contribution in [0.5, 0.6) is 11.5 Å². The quantitative estimate of drug-likeness (QED) is 0.399. The number of hydrogen-bond donors (Lipinski definition) is 3. The van der Waals surface area contributed by atoms with Crippen LogP contribution < -0.4 is 19.9 Å². The van der Waals surface area contributed by atoms with Crippen LogP contribution in [-0.4, -0.2) is 45.2 Å². The molecule has 12 heteroatoms. The van der Waals surface area contributed by atoms with Crippen LogP contribution in [0.15, 0.2) is 35.2 Å². The SMILES string of the molecule is COc1cc(CCNc2c([N+](=O)[O-])cc(C(=O)O)cc2S(N)(=O)=O)cc(OC)c1. The summed E-state index contributed by atoms with van der Waals surface area (Å²) >= 11 is 0. The summed E-state index contributed by atoms with van der Waals surface area (Å²) in [5.41, 5.74) is -0.894. The van der Waals surface area contributed by atoms with Gasteiger partial charge in [0.25, 0.3) is 5.69 Å². The highest BCUT2D eigenvalue weighted by Crippen LogP contribution is 2.33. The van der Waals surface area contributed by atoms with Crippen molar-refractivity contribution in [3.8, 4) is 11.5 Å². The number of benzene rings is 2. The van der Waals surface area contributed by atoms with Gasteiger partial charge in [-0.15, -0.1) is 0 Å². The molecule has 29 heavy (non-hydrogen) atoms. The maximum Gasteiger partial charge on any atom is 0.335 e. The van der Waals surface area contributed by atoms with E-state index in [1.807, 2.05) is 0 Å². The van der Waals surface area contributed by atoms with Crippen molar-refractivity contribution in [1.29, 1.82) is 0 Å². The molecule has 0 aliphatic heterocycles. The Morgan fingerprint density at radius 2 is 1.76 bits per heavy atom. The third-order valence-corrected chi connectivity index (χ3v) is 4.89. The second-order valence-electron chi connectivity index (χ2n) is 5.87. The van der Waals surface area contributed by atoms with E-state index in [9.17, 15) is 23.3 Å². The van der Waals surface area contributed by atoms with E-state index in [4.69, 9.17) is 19.7 Å². The molecule has 4 N–H and O–H groups in total. The number of anilines is 1. The molecule has 0 amide bonds. The Bertz CT molecular complexity index is 1030. The molecule has 2 aromatic rings. The number of aromatic carboxylic acids is 1. The maximum absolute atomic E-state index is 11.9. The third kappa shape index (κ3) is 5.33. The monoisotopic (exact) mass is 425 g/mol. The molecule has 11 nitrogen and oxygen atoms in total. The Morgan fingerprint density at radius 1 is 1.17 bits per heavy atom. The van der Waals surface area contributed by atoms with Gasteiger partial charge in [-0.3, -0.25) is 10.1 Å². The zero-order valence-corrected chi connectivity index (χ0v) is 16.4. The molecule has 0 saturated heterocycles. The number of nitro groups is 1. The van der Waals surface area contributed by atoms with Crippen LogP contribution in [0.1, 0.15) is 15.9 Å². The number of rotatable bonds is 9. The van der Waals surface area contributed by atoms with Crippen LogP contribution in [0.3, 0.4) is 0 Å². The number of ether oxygens (including phenoxy) is 2. The number of carbonyl (C=O) groups is 1. The summed E-state index contributed by atoms with van der Waals surface area (Å²) in [6.45, 7) is 0.0894. The Hall–Kier alpha value is -3.38. The van der Waals surface area contributed by atoms with Crippen molar-refractivity contribution in [3.63, 3.8) is 0 Å². The number of carboxylic acid groups (broad SMARTS) is 1. The molecular formula is C17H19N3O8S. The predicted octanol–water partition coefficient (Wildman–Crippen LogP) is 1.61. The minimum absolute atomic E-state index is 0.0894. The van der Waals surface area contributed by atoms with E-state index in [1.54, 1.807) is 18.2 Å². The zero-order chi connectivity index (χ0) is 21.8. The fraction of sp³-hybridized carbons (Fsp3) is 0.235.